The molecule has 2 rings (SSSR count). The molecule has 0 aromatic heterocycles. The molecule has 2 N–H and O–H groups in total. The number of aliphatic hydroxyl groups is 1. The van der Waals surface area contributed by atoms with Crippen molar-refractivity contribution in [3.05, 3.63) is 29.1 Å². The zero-order chi connectivity index (χ0) is 9.64. The van der Waals surface area contributed by atoms with Crippen LogP contribution >= 0.6 is 0 Å². The van der Waals surface area contributed by atoms with Gasteiger partial charge in [0.2, 0.25) is 0 Å². The number of benzene rings is 1. The van der Waals surface area contributed by atoms with Crippen molar-refractivity contribution in [2.75, 3.05) is 0 Å². The highest BCUT2D eigenvalue weighted by atomic mass is 19.1. The summed E-state index contributed by atoms with van der Waals surface area (Å²) in [5.41, 5.74) is 0.0624. The number of phenolic OH excluding ortho intramolecular Hbond substituents is 1. The number of rotatable bonds is 1. The van der Waals surface area contributed by atoms with Gasteiger partial charge in [-0.2, -0.15) is 0 Å². The molecule has 0 saturated heterocycles. The van der Waals surface area contributed by atoms with E-state index in [2.05, 4.69) is 0 Å². The molecule has 0 atom stereocenters. The molecule has 1 fully saturated rings. The van der Waals surface area contributed by atoms with Crippen molar-refractivity contribution in [2.45, 2.75) is 25.4 Å². The van der Waals surface area contributed by atoms with Gasteiger partial charge < -0.3 is 10.2 Å². The highest BCUT2D eigenvalue weighted by Crippen LogP contribution is 2.49. The summed E-state index contributed by atoms with van der Waals surface area (Å²) in [6.07, 6.45) is 1.20. The number of halogens is 1. The molecule has 1 saturated carbocycles. The lowest BCUT2D eigenvalue weighted by molar-refractivity contribution is 0.146. The molecule has 13 heavy (non-hydrogen) atoms. The minimum atomic E-state index is -0.975. The summed E-state index contributed by atoms with van der Waals surface area (Å²) < 4.78 is 13.0. The van der Waals surface area contributed by atoms with Crippen molar-refractivity contribution in [1.82, 2.24) is 0 Å². The molecule has 0 amide bonds. The Kier molecular flexibility index (Phi) is 1.60. The van der Waals surface area contributed by atoms with Gasteiger partial charge in [-0.05, 0) is 37.5 Å². The lowest BCUT2D eigenvalue weighted by Gasteiger charge is -2.11. The highest BCUT2D eigenvalue weighted by molar-refractivity contribution is 5.43. The standard InChI is InChI=1S/C10H11FO2/c1-6-4-7(10(13)2-3-10)9(12)8(11)5-6/h4-5,12-13H,2-3H2,1H3. The van der Waals surface area contributed by atoms with Crippen molar-refractivity contribution in [3.8, 4) is 5.75 Å². The first kappa shape index (κ1) is 8.51. The Morgan fingerprint density at radius 1 is 1.38 bits per heavy atom. The summed E-state index contributed by atoms with van der Waals surface area (Å²) >= 11 is 0. The van der Waals surface area contributed by atoms with E-state index in [0.717, 1.165) is 0 Å². The Morgan fingerprint density at radius 2 is 2.00 bits per heavy atom. The first-order chi connectivity index (χ1) is 6.03. The summed E-state index contributed by atoms with van der Waals surface area (Å²) in [4.78, 5) is 0. The number of aromatic hydroxyl groups is 1. The Balaban J connectivity index is 2.56. The van der Waals surface area contributed by atoms with Gasteiger partial charge in [-0.3, -0.25) is 0 Å². The number of aryl methyl sites for hydroxylation is 1. The Morgan fingerprint density at radius 3 is 2.54 bits per heavy atom. The van der Waals surface area contributed by atoms with Crippen LogP contribution in [0.2, 0.25) is 0 Å². The second-order valence-corrected chi connectivity index (χ2v) is 3.67. The van der Waals surface area contributed by atoms with Crippen molar-refractivity contribution in [3.63, 3.8) is 0 Å². The lowest BCUT2D eigenvalue weighted by atomic mass is 10.0. The van der Waals surface area contributed by atoms with Crippen LogP contribution in [0.15, 0.2) is 12.1 Å². The van der Waals surface area contributed by atoms with E-state index in [1.165, 1.54) is 6.07 Å². The van der Waals surface area contributed by atoms with E-state index in [0.29, 0.717) is 24.0 Å². The van der Waals surface area contributed by atoms with E-state index < -0.39 is 17.2 Å². The van der Waals surface area contributed by atoms with Crippen LogP contribution in [0.4, 0.5) is 4.39 Å². The zero-order valence-corrected chi connectivity index (χ0v) is 7.34. The normalized spacial score (nSPS) is 18.7. The molecule has 0 heterocycles. The van der Waals surface area contributed by atoms with Crippen LogP contribution in [-0.4, -0.2) is 10.2 Å². The first-order valence-electron chi connectivity index (χ1n) is 4.25. The summed E-state index contributed by atoms with van der Waals surface area (Å²) in [6.45, 7) is 1.73. The molecule has 1 aliphatic carbocycles. The molecule has 0 spiro atoms. The summed E-state index contributed by atoms with van der Waals surface area (Å²) in [6, 6.07) is 2.88. The second-order valence-electron chi connectivity index (χ2n) is 3.67. The third kappa shape index (κ3) is 1.29. The van der Waals surface area contributed by atoms with Crippen LogP contribution < -0.4 is 0 Å². The van der Waals surface area contributed by atoms with Crippen LogP contribution in [0.3, 0.4) is 0 Å². The molecular formula is C10H11FO2. The van der Waals surface area contributed by atoms with E-state index in [1.54, 1.807) is 13.0 Å². The van der Waals surface area contributed by atoms with Gasteiger partial charge in [0.25, 0.3) is 0 Å². The Bertz CT molecular complexity index is 356. The largest absolute Gasteiger partial charge is 0.505 e. The molecule has 70 valence electrons. The summed E-state index contributed by atoms with van der Waals surface area (Å²) in [7, 11) is 0. The van der Waals surface area contributed by atoms with E-state index in [9.17, 15) is 14.6 Å². The predicted octanol–water partition coefficient (Wildman–Crippen LogP) is 1.82. The smallest absolute Gasteiger partial charge is 0.165 e. The number of hydrogen-bond acceptors (Lipinski definition) is 2. The molecule has 3 heteroatoms. The minimum Gasteiger partial charge on any atom is -0.505 e. The Hall–Kier alpha value is -1.09. The Labute approximate surface area is 75.6 Å². The highest BCUT2D eigenvalue weighted by Gasteiger charge is 2.44. The van der Waals surface area contributed by atoms with Crippen LogP contribution in [-0.2, 0) is 5.60 Å². The van der Waals surface area contributed by atoms with E-state index in [-0.39, 0.29) is 0 Å². The van der Waals surface area contributed by atoms with E-state index >= 15 is 0 Å². The number of hydrogen-bond donors (Lipinski definition) is 2. The fourth-order valence-electron chi connectivity index (χ4n) is 1.48. The monoisotopic (exact) mass is 182 g/mol. The van der Waals surface area contributed by atoms with Crippen LogP contribution in [0, 0.1) is 12.7 Å². The molecule has 0 bridgehead atoms. The van der Waals surface area contributed by atoms with Crippen LogP contribution in [0.1, 0.15) is 24.0 Å². The van der Waals surface area contributed by atoms with Crippen LogP contribution in [0.5, 0.6) is 5.75 Å². The topological polar surface area (TPSA) is 40.5 Å². The van der Waals surface area contributed by atoms with Gasteiger partial charge in [0.15, 0.2) is 11.6 Å². The van der Waals surface area contributed by atoms with Gasteiger partial charge in [0.05, 0.1) is 5.60 Å². The van der Waals surface area contributed by atoms with Crippen molar-refractivity contribution in [2.24, 2.45) is 0 Å². The van der Waals surface area contributed by atoms with Gasteiger partial charge >= 0.3 is 0 Å². The van der Waals surface area contributed by atoms with Gasteiger partial charge in [-0.25, -0.2) is 4.39 Å². The van der Waals surface area contributed by atoms with E-state index in [4.69, 9.17) is 0 Å². The summed E-state index contributed by atoms with van der Waals surface area (Å²) in [5, 5.41) is 19.1. The number of phenols is 1. The maximum Gasteiger partial charge on any atom is 0.165 e. The fourth-order valence-corrected chi connectivity index (χ4v) is 1.48. The molecule has 1 aromatic rings. The minimum absolute atomic E-state index is 0.324. The third-order valence-electron chi connectivity index (χ3n) is 2.43. The maximum absolute atomic E-state index is 13.0. The molecule has 2 nitrogen and oxygen atoms in total. The van der Waals surface area contributed by atoms with Gasteiger partial charge in [-0.1, -0.05) is 0 Å². The summed E-state index contributed by atoms with van der Waals surface area (Å²) in [5.74, 6) is -1.07. The molecule has 0 aliphatic heterocycles. The first-order valence-corrected chi connectivity index (χ1v) is 4.25. The quantitative estimate of drug-likeness (QED) is 0.695. The van der Waals surface area contributed by atoms with E-state index in [1.807, 2.05) is 0 Å². The van der Waals surface area contributed by atoms with Gasteiger partial charge in [0.1, 0.15) is 0 Å². The fraction of sp³-hybridized carbons (Fsp3) is 0.400. The molecule has 0 radical (unpaired) electrons. The molecular weight excluding hydrogens is 171 g/mol. The van der Waals surface area contributed by atoms with Gasteiger partial charge in [-0.15, -0.1) is 0 Å². The average Bonchev–Trinajstić information content (AvgIpc) is 2.77. The molecule has 0 unspecified atom stereocenters. The van der Waals surface area contributed by atoms with Crippen molar-refractivity contribution < 1.29 is 14.6 Å². The average molecular weight is 182 g/mol. The molecule has 1 aromatic carbocycles. The zero-order valence-electron chi connectivity index (χ0n) is 7.34. The predicted molar refractivity (Wildman–Crippen MR) is 45.9 cm³/mol. The van der Waals surface area contributed by atoms with Crippen molar-refractivity contribution in [1.29, 1.82) is 0 Å². The van der Waals surface area contributed by atoms with Gasteiger partial charge in [0, 0.05) is 5.56 Å². The maximum atomic E-state index is 13.0. The molecule has 1 aliphatic rings. The van der Waals surface area contributed by atoms with Crippen molar-refractivity contribution >= 4 is 0 Å². The second kappa shape index (κ2) is 2.45. The third-order valence-corrected chi connectivity index (χ3v) is 2.43. The van der Waals surface area contributed by atoms with Crippen LogP contribution in [0.25, 0.3) is 0 Å². The lowest BCUT2D eigenvalue weighted by Crippen LogP contribution is -2.05. The SMILES string of the molecule is Cc1cc(F)c(O)c(C2(O)CC2)c1.